The van der Waals surface area contributed by atoms with Gasteiger partial charge in [0.15, 0.2) is 0 Å². The highest BCUT2D eigenvalue weighted by atomic mass is 16.3. The van der Waals surface area contributed by atoms with Crippen molar-refractivity contribution in [3.05, 3.63) is 0 Å². The van der Waals surface area contributed by atoms with Crippen molar-refractivity contribution in [1.29, 1.82) is 0 Å². The molecule has 2 N–H and O–H groups in total. The zero-order valence-corrected chi connectivity index (χ0v) is 10.8. The van der Waals surface area contributed by atoms with E-state index < -0.39 is 0 Å². The van der Waals surface area contributed by atoms with Crippen molar-refractivity contribution in [2.45, 2.75) is 45.8 Å². The molecule has 1 heterocycles. The average molecular weight is 228 g/mol. The van der Waals surface area contributed by atoms with Gasteiger partial charge in [0.25, 0.3) is 0 Å². The SMILES string of the molecule is CC1CCN(CC(=O)NC(C)(C)C)CC1O. The van der Waals surface area contributed by atoms with Crippen LogP contribution in [0.5, 0.6) is 0 Å². The maximum absolute atomic E-state index is 11.7. The van der Waals surface area contributed by atoms with E-state index in [1.807, 2.05) is 25.7 Å². The lowest BCUT2D eigenvalue weighted by molar-refractivity contribution is -0.124. The summed E-state index contributed by atoms with van der Waals surface area (Å²) in [7, 11) is 0. The van der Waals surface area contributed by atoms with Gasteiger partial charge in [-0.05, 0) is 39.7 Å². The van der Waals surface area contributed by atoms with Gasteiger partial charge in [-0.1, -0.05) is 6.92 Å². The number of carbonyl (C=O) groups excluding carboxylic acids is 1. The first kappa shape index (κ1) is 13.5. The van der Waals surface area contributed by atoms with Crippen LogP contribution in [-0.4, -0.2) is 47.2 Å². The van der Waals surface area contributed by atoms with E-state index in [0.717, 1.165) is 13.0 Å². The van der Waals surface area contributed by atoms with Crippen molar-refractivity contribution in [2.75, 3.05) is 19.6 Å². The van der Waals surface area contributed by atoms with E-state index in [-0.39, 0.29) is 17.6 Å². The number of nitrogens with zero attached hydrogens (tertiary/aromatic N) is 1. The van der Waals surface area contributed by atoms with E-state index in [0.29, 0.717) is 19.0 Å². The molecule has 0 radical (unpaired) electrons. The number of carbonyl (C=O) groups is 1. The van der Waals surface area contributed by atoms with Crippen LogP contribution in [0.3, 0.4) is 0 Å². The first-order chi connectivity index (χ1) is 7.28. The summed E-state index contributed by atoms with van der Waals surface area (Å²) in [5, 5.41) is 12.7. The van der Waals surface area contributed by atoms with Crippen LogP contribution < -0.4 is 5.32 Å². The number of rotatable bonds is 2. The maximum atomic E-state index is 11.7. The van der Waals surface area contributed by atoms with Gasteiger partial charge in [-0.2, -0.15) is 0 Å². The van der Waals surface area contributed by atoms with Gasteiger partial charge in [-0.15, -0.1) is 0 Å². The van der Waals surface area contributed by atoms with Crippen LogP contribution in [0.25, 0.3) is 0 Å². The number of likely N-dealkylation sites (tertiary alicyclic amines) is 1. The minimum absolute atomic E-state index is 0.0363. The highest BCUT2D eigenvalue weighted by Gasteiger charge is 2.26. The van der Waals surface area contributed by atoms with Crippen molar-refractivity contribution in [2.24, 2.45) is 5.92 Å². The molecule has 2 atom stereocenters. The Morgan fingerprint density at radius 3 is 2.62 bits per heavy atom. The summed E-state index contributed by atoms with van der Waals surface area (Å²) >= 11 is 0. The molecular weight excluding hydrogens is 204 g/mol. The summed E-state index contributed by atoms with van der Waals surface area (Å²) in [6.07, 6.45) is 0.667. The standard InChI is InChI=1S/C12H24N2O2/c1-9-5-6-14(7-10(9)15)8-11(16)13-12(2,3)4/h9-10,15H,5-8H2,1-4H3,(H,13,16). The van der Waals surface area contributed by atoms with E-state index in [4.69, 9.17) is 0 Å². The Bertz CT molecular complexity index is 248. The molecule has 0 aromatic heterocycles. The highest BCUT2D eigenvalue weighted by Crippen LogP contribution is 2.16. The quantitative estimate of drug-likeness (QED) is 0.728. The lowest BCUT2D eigenvalue weighted by Crippen LogP contribution is -2.50. The van der Waals surface area contributed by atoms with Gasteiger partial charge in [0.05, 0.1) is 12.6 Å². The van der Waals surface area contributed by atoms with Gasteiger partial charge >= 0.3 is 0 Å². The zero-order valence-electron chi connectivity index (χ0n) is 10.8. The smallest absolute Gasteiger partial charge is 0.234 e. The van der Waals surface area contributed by atoms with E-state index >= 15 is 0 Å². The fourth-order valence-electron chi connectivity index (χ4n) is 1.92. The number of hydrogen-bond acceptors (Lipinski definition) is 3. The van der Waals surface area contributed by atoms with Gasteiger partial charge in [0.1, 0.15) is 0 Å². The summed E-state index contributed by atoms with van der Waals surface area (Å²) in [6.45, 7) is 9.86. The summed E-state index contributed by atoms with van der Waals surface area (Å²) in [5.74, 6) is 0.385. The molecule has 1 aliphatic rings. The van der Waals surface area contributed by atoms with Crippen LogP contribution in [-0.2, 0) is 4.79 Å². The monoisotopic (exact) mass is 228 g/mol. The first-order valence-corrected chi connectivity index (χ1v) is 5.99. The van der Waals surface area contributed by atoms with Gasteiger partial charge in [-0.3, -0.25) is 9.69 Å². The molecule has 1 aliphatic heterocycles. The molecule has 0 bridgehead atoms. The molecule has 4 heteroatoms. The molecule has 0 aromatic carbocycles. The molecule has 94 valence electrons. The minimum Gasteiger partial charge on any atom is -0.392 e. The largest absolute Gasteiger partial charge is 0.392 e. The Balaban J connectivity index is 2.35. The fourth-order valence-corrected chi connectivity index (χ4v) is 1.92. The van der Waals surface area contributed by atoms with Crippen molar-refractivity contribution >= 4 is 5.91 Å². The predicted molar refractivity (Wildman–Crippen MR) is 64.1 cm³/mol. The van der Waals surface area contributed by atoms with Gasteiger partial charge < -0.3 is 10.4 Å². The number of hydrogen-bond donors (Lipinski definition) is 2. The molecule has 1 rings (SSSR count). The van der Waals surface area contributed by atoms with E-state index in [9.17, 15) is 9.90 Å². The lowest BCUT2D eigenvalue weighted by Gasteiger charge is -2.34. The van der Waals surface area contributed by atoms with Crippen molar-refractivity contribution < 1.29 is 9.90 Å². The zero-order chi connectivity index (χ0) is 12.3. The van der Waals surface area contributed by atoms with Gasteiger partial charge in [-0.25, -0.2) is 0 Å². The van der Waals surface area contributed by atoms with Crippen LogP contribution >= 0.6 is 0 Å². The number of aliphatic hydroxyl groups excluding tert-OH is 1. The molecule has 0 aliphatic carbocycles. The van der Waals surface area contributed by atoms with E-state index in [2.05, 4.69) is 12.2 Å². The number of amides is 1. The molecule has 0 saturated carbocycles. The molecule has 1 saturated heterocycles. The van der Waals surface area contributed by atoms with E-state index in [1.54, 1.807) is 0 Å². The first-order valence-electron chi connectivity index (χ1n) is 5.99. The third-order valence-corrected chi connectivity index (χ3v) is 2.88. The second-order valence-corrected chi connectivity index (χ2v) is 5.87. The molecule has 16 heavy (non-hydrogen) atoms. The third kappa shape index (κ3) is 4.49. The van der Waals surface area contributed by atoms with Gasteiger partial charge in [0, 0.05) is 12.1 Å². The minimum atomic E-state index is -0.295. The summed E-state index contributed by atoms with van der Waals surface area (Å²) in [5.41, 5.74) is -0.182. The van der Waals surface area contributed by atoms with Crippen LogP contribution in [0.15, 0.2) is 0 Å². The molecule has 2 unspecified atom stereocenters. The van der Waals surface area contributed by atoms with Crippen molar-refractivity contribution in [3.8, 4) is 0 Å². The average Bonchev–Trinajstić information content (AvgIpc) is 2.08. The lowest BCUT2D eigenvalue weighted by atomic mass is 9.96. The predicted octanol–water partition coefficient (Wildman–Crippen LogP) is 0.604. The number of nitrogens with one attached hydrogen (secondary N) is 1. The Kier molecular flexibility index (Phi) is 4.33. The molecule has 1 amide bonds. The van der Waals surface area contributed by atoms with Gasteiger partial charge in [0.2, 0.25) is 5.91 Å². The summed E-state index contributed by atoms with van der Waals surface area (Å²) in [4.78, 5) is 13.7. The number of β-amino-alcohol motifs (C(OH)–C–C–N with tert-alkyl or cyclic N) is 1. The second kappa shape index (κ2) is 5.15. The van der Waals surface area contributed by atoms with Crippen LogP contribution in [0.1, 0.15) is 34.1 Å². The molecule has 0 spiro atoms. The second-order valence-electron chi connectivity index (χ2n) is 5.87. The molecule has 0 aromatic rings. The Hall–Kier alpha value is -0.610. The van der Waals surface area contributed by atoms with Crippen LogP contribution in [0.2, 0.25) is 0 Å². The van der Waals surface area contributed by atoms with Crippen LogP contribution in [0.4, 0.5) is 0 Å². The number of piperidine rings is 1. The Morgan fingerprint density at radius 1 is 1.50 bits per heavy atom. The van der Waals surface area contributed by atoms with E-state index in [1.165, 1.54) is 0 Å². The molecule has 4 nitrogen and oxygen atoms in total. The van der Waals surface area contributed by atoms with Crippen molar-refractivity contribution in [3.63, 3.8) is 0 Å². The fraction of sp³-hybridized carbons (Fsp3) is 0.917. The van der Waals surface area contributed by atoms with Crippen molar-refractivity contribution in [1.82, 2.24) is 10.2 Å². The molecular formula is C12H24N2O2. The number of aliphatic hydroxyl groups is 1. The summed E-state index contributed by atoms with van der Waals surface area (Å²) in [6, 6.07) is 0. The normalized spacial score (nSPS) is 27.8. The Morgan fingerprint density at radius 2 is 2.12 bits per heavy atom. The highest BCUT2D eigenvalue weighted by molar-refractivity contribution is 5.78. The Labute approximate surface area is 98.0 Å². The third-order valence-electron chi connectivity index (χ3n) is 2.88. The maximum Gasteiger partial charge on any atom is 0.234 e. The topological polar surface area (TPSA) is 52.6 Å². The van der Waals surface area contributed by atoms with Crippen LogP contribution in [0, 0.1) is 5.92 Å². The molecule has 1 fully saturated rings. The summed E-state index contributed by atoms with van der Waals surface area (Å²) < 4.78 is 0.